The first-order valence-corrected chi connectivity index (χ1v) is 7.07. The van der Waals surface area contributed by atoms with Gasteiger partial charge < -0.3 is 11.5 Å². The molecule has 0 saturated heterocycles. The molecule has 0 spiro atoms. The molecule has 0 bridgehead atoms. The first-order valence-electron chi connectivity index (χ1n) is 7.07. The molecule has 0 aliphatic carbocycles. The number of unbranched alkanes of at least 4 members (excludes halogenated alkanes) is 2. The minimum atomic E-state index is -0.919. The number of nitrogens with two attached hydrogens (primary N) is 2. The average molecular weight is 257 g/mol. The molecule has 4 N–H and O–H groups in total. The average Bonchev–Trinajstić information content (AvgIpc) is 2.22. The highest BCUT2D eigenvalue weighted by Gasteiger charge is 2.30. The van der Waals surface area contributed by atoms with E-state index in [0.29, 0.717) is 12.5 Å². The zero-order chi connectivity index (χ0) is 14.3. The van der Waals surface area contributed by atoms with Gasteiger partial charge in [0.2, 0.25) is 5.91 Å². The molecule has 0 aromatic carbocycles. The van der Waals surface area contributed by atoms with Crippen LogP contribution in [0.5, 0.6) is 0 Å². The van der Waals surface area contributed by atoms with Gasteiger partial charge in [-0.15, -0.1) is 0 Å². The molecule has 2 unspecified atom stereocenters. The summed E-state index contributed by atoms with van der Waals surface area (Å²) in [6.45, 7) is 11.5. The molecule has 1 amide bonds. The van der Waals surface area contributed by atoms with Gasteiger partial charge in [-0.1, -0.05) is 19.8 Å². The van der Waals surface area contributed by atoms with E-state index in [-0.39, 0.29) is 6.04 Å². The van der Waals surface area contributed by atoms with Crippen molar-refractivity contribution in [1.82, 2.24) is 4.90 Å². The minimum Gasteiger partial charge on any atom is -0.368 e. The lowest BCUT2D eigenvalue weighted by Crippen LogP contribution is -2.54. The van der Waals surface area contributed by atoms with E-state index in [9.17, 15) is 4.79 Å². The van der Waals surface area contributed by atoms with E-state index in [1.807, 2.05) is 0 Å². The van der Waals surface area contributed by atoms with Crippen molar-refractivity contribution in [3.05, 3.63) is 0 Å². The summed E-state index contributed by atoms with van der Waals surface area (Å²) in [6.07, 6.45) is 4.26. The lowest BCUT2D eigenvalue weighted by Gasteiger charge is -2.36. The van der Waals surface area contributed by atoms with Crippen LogP contribution in [0, 0.1) is 0 Å². The molecular formula is C14H31N3O. The Kier molecular flexibility index (Phi) is 7.48. The van der Waals surface area contributed by atoms with E-state index in [1.54, 1.807) is 6.92 Å². The Morgan fingerprint density at radius 3 is 2.22 bits per heavy atom. The van der Waals surface area contributed by atoms with E-state index >= 15 is 0 Å². The highest BCUT2D eigenvalue weighted by Crippen LogP contribution is 2.17. The van der Waals surface area contributed by atoms with Crippen LogP contribution in [-0.4, -0.2) is 35.0 Å². The van der Waals surface area contributed by atoms with Gasteiger partial charge in [0, 0.05) is 12.1 Å². The van der Waals surface area contributed by atoms with E-state index in [4.69, 9.17) is 11.5 Å². The molecule has 18 heavy (non-hydrogen) atoms. The molecule has 0 aliphatic rings. The van der Waals surface area contributed by atoms with Gasteiger partial charge in [0.1, 0.15) is 0 Å². The zero-order valence-corrected chi connectivity index (χ0v) is 12.7. The topological polar surface area (TPSA) is 72.3 Å². The van der Waals surface area contributed by atoms with Crippen molar-refractivity contribution in [3.63, 3.8) is 0 Å². The van der Waals surface area contributed by atoms with Crippen LogP contribution in [0.25, 0.3) is 0 Å². The normalized spacial score (nSPS) is 16.9. The molecule has 0 rings (SSSR count). The Morgan fingerprint density at radius 1 is 1.28 bits per heavy atom. The number of carbonyl (C=O) groups is 1. The SMILES string of the molecule is CCCCCN(C(C)C)C(C)CC(C)(N)C(N)=O. The quantitative estimate of drug-likeness (QED) is 0.619. The van der Waals surface area contributed by atoms with Gasteiger partial charge in [0.15, 0.2) is 0 Å². The Bertz CT molecular complexity index is 251. The maximum atomic E-state index is 11.3. The Hall–Kier alpha value is -0.610. The Balaban J connectivity index is 4.47. The van der Waals surface area contributed by atoms with Crippen LogP contribution in [0.3, 0.4) is 0 Å². The molecular weight excluding hydrogens is 226 g/mol. The molecule has 0 radical (unpaired) electrons. The molecule has 4 heteroatoms. The number of rotatable bonds is 9. The van der Waals surface area contributed by atoms with Crippen molar-refractivity contribution in [2.75, 3.05) is 6.54 Å². The fourth-order valence-corrected chi connectivity index (χ4v) is 2.36. The number of hydrogen-bond donors (Lipinski definition) is 2. The van der Waals surface area contributed by atoms with Crippen molar-refractivity contribution in [3.8, 4) is 0 Å². The molecule has 108 valence electrons. The molecule has 2 atom stereocenters. The maximum absolute atomic E-state index is 11.3. The second-order valence-corrected chi connectivity index (χ2v) is 5.87. The van der Waals surface area contributed by atoms with E-state index in [0.717, 1.165) is 6.54 Å². The fourth-order valence-electron chi connectivity index (χ4n) is 2.36. The second-order valence-electron chi connectivity index (χ2n) is 5.87. The van der Waals surface area contributed by atoms with Gasteiger partial charge in [-0.3, -0.25) is 9.69 Å². The van der Waals surface area contributed by atoms with Crippen LogP contribution in [0.2, 0.25) is 0 Å². The van der Waals surface area contributed by atoms with Crippen LogP contribution in [0.15, 0.2) is 0 Å². The molecule has 0 heterocycles. The fraction of sp³-hybridized carbons (Fsp3) is 0.929. The van der Waals surface area contributed by atoms with Gasteiger partial charge in [-0.05, 0) is 47.1 Å². The first-order chi connectivity index (χ1) is 8.22. The lowest BCUT2D eigenvalue weighted by atomic mass is 9.92. The third-order valence-corrected chi connectivity index (χ3v) is 3.53. The summed E-state index contributed by atoms with van der Waals surface area (Å²) < 4.78 is 0. The third kappa shape index (κ3) is 5.83. The van der Waals surface area contributed by atoms with Gasteiger partial charge >= 0.3 is 0 Å². The number of primary amides is 1. The number of carbonyl (C=O) groups excluding carboxylic acids is 1. The monoisotopic (exact) mass is 257 g/mol. The van der Waals surface area contributed by atoms with Crippen LogP contribution in [0.4, 0.5) is 0 Å². The summed E-state index contributed by atoms with van der Waals surface area (Å²) in [5.74, 6) is -0.424. The predicted molar refractivity (Wildman–Crippen MR) is 77.2 cm³/mol. The van der Waals surface area contributed by atoms with Crippen molar-refractivity contribution in [1.29, 1.82) is 0 Å². The molecule has 0 fully saturated rings. The predicted octanol–water partition coefficient (Wildman–Crippen LogP) is 1.87. The van der Waals surface area contributed by atoms with Gasteiger partial charge in [-0.2, -0.15) is 0 Å². The third-order valence-electron chi connectivity index (χ3n) is 3.53. The lowest BCUT2D eigenvalue weighted by molar-refractivity contribution is -0.123. The number of hydrogen-bond acceptors (Lipinski definition) is 3. The van der Waals surface area contributed by atoms with Crippen molar-refractivity contribution in [2.45, 2.75) is 77.9 Å². The van der Waals surface area contributed by atoms with Crippen LogP contribution in [-0.2, 0) is 4.79 Å². The summed E-state index contributed by atoms with van der Waals surface area (Å²) in [5, 5.41) is 0. The number of nitrogens with zero attached hydrogens (tertiary/aromatic N) is 1. The first kappa shape index (κ1) is 17.4. The van der Waals surface area contributed by atoms with Crippen LogP contribution in [0.1, 0.15) is 60.3 Å². The Morgan fingerprint density at radius 2 is 1.83 bits per heavy atom. The second kappa shape index (κ2) is 7.74. The zero-order valence-electron chi connectivity index (χ0n) is 12.7. The molecule has 0 aromatic rings. The molecule has 0 aromatic heterocycles. The van der Waals surface area contributed by atoms with Gasteiger partial charge in [0.25, 0.3) is 0 Å². The summed E-state index contributed by atoms with van der Waals surface area (Å²) in [7, 11) is 0. The van der Waals surface area contributed by atoms with Crippen LogP contribution >= 0.6 is 0 Å². The van der Waals surface area contributed by atoms with Gasteiger partial charge in [-0.25, -0.2) is 0 Å². The summed E-state index contributed by atoms with van der Waals surface area (Å²) in [4.78, 5) is 13.7. The molecule has 4 nitrogen and oxygen atoms in total. The Labute approximate surface area is 112 Å². The maximum Gasteiger partial charge on any atom is 0.237 e. The summed E-state index contributed by atoms with van der Waals surface area (Å²) in [6, 6.07) is 0.727. The van der Waals surface area contributed by atoms with E-state index in [1.165, 1.54) is 19.3 Å². The summed E-state index contributed by atoms with van der Waals surface area (Å²) >= 11 is 0. The largest absolute Gasteiger partial charge is 0.368 e. The summed E-state index contributed by atoms with van der Waals surface area (Å²) in [5.41, 5.74) is 10.4. The highest BCUT2D eigenvalue weighted by atomic mass is 16.1. The van der Waals surface area contributed by atoms with Crippen molar-refractivity contribution >= 4 is 5.91 Å². The molecule has 0 saturated carbocycles. The highest BCUT2D eigenvalue weighted by molar-refractivity contribution is 5.83. The molecule has 0 aliphatic heterocycles. The van der Waals surface area contributed by atoms with Crippen molar-refractivity contribution < 1.29 is 4.79 Å². The minimum absolute atomic E-state index is 0.268. The van der Waals surface area contributed by atoms with Crippen LogP contribution < -0.4 is 11.5 Å². The standard InChI is InChI=1S/C14H31N3O/c1-6-7-8-9-17(11(2)3)12(4)10-14(5,16)13(15)18/h11-12H,6-10,16H2,1-5H3,(H2,15,18). The van der Waals surface area contributed by atoms with Crippen molar-refractivity contribution in [2.24, 2.45) is 11.5 Å². The smallest absolute Gasteiger partial charge is 0.237 e. The van der Waals surface area contributed by atoms with E-state index < -0.39 is 11.4 Å². The van der Waals surface area contributed by atoms with E-state index in [2.05, 4.69) is 32.6 Å². The number of amides is 1. The van der Waals surface area contributed by atoms with Gasteiger partial charge in [0.05, 0.1) is 5.54 Å².